The maximum atomic E-state index is 14.7. The first-order valence-electron chi connectivity index (χ1n) is 12.9. The Kier molecular flexibility index (Phi) is 8.23. The summed E-state index contributed by atoms with van der Waals surface area (Å²) in [5.74, 6) is -0.931. The van der Waals surface area contributed by atoms with Gasteiger partial charge in [-0.05, 0) is 18.2 Å². The molecule has 4 aromatic rings. The van der Waals surface area contributed by atoms with Gasteiger partial charge in [-0.1, -0.05) is 0 Å². The van der Waals surface area contributed by atoms with Crippen LogP contribution in [0.1, 0.15) is 10.4 Å². The van der Waals surface area contributed by atoms with Crippen molar-refractivity contribution in [3.8, 4) is 11.6 Å². The van der Waals surface area contributed by atoms with Crippen LogP contribution in [-0.2, 0) is 0 Å². The normalized spacial score (nSPS) is 14.9. The third kappa shape index (κ3) is 6.18. The first kappa shape index (κ1) is 28.1. The average molecular weight is 573 g/mol. The van der Waals surface area contributed by atoms with Gasteiger partial charge in [0.05, 0.1) is 30.2 Å². The van der Waals surface area contributed by atoms with Crippen LogP contribution in [0.2, 0.25) is 0 Å². The van der Waals surface area contributed by atoms with E-state index in [0.29, 0.717) is 68.6 Å². The second kappa shape index (κ2) is 12.0. The Hall–Kier alpha value is -4.41. The van der Waals surface area contributed by atoms with Gasteiger partial charge in [-0.3, -0.25) is 9.69 Å². The molecule has 4 heterocycles. The molecule has 5 N–H and O–H groups in total. The maximum absolute atomic E-state index is 14.7. The van der Waals surface area contributed by atoms with Crippen LogP contribution in [0.5, 0.6) is 0 Å². The number of hydrogen-bond donors (Lipinski definition) is 4. The molecule has 1 aliphatic heterocycles. The number of fused-ring (bicyclic) bond motifs is 1. The Morgan fingerprint density at radius 2 is 1.98 bits per heavy atom. The summed E-state index contributed by atoms with van der Waals surface area (Å²) in [6.45, 7) is 2.55. The van der Waals surface area contributed by atoms with Crippen LogP contribution in [-0.4, -0.2) is 111 Å². The molecule has 5 rings (SSSR count). The molecule has 1 atom stereocenters. The van der Waals surface area contributed by atoms with Gasteiger partial charge >= 0.3 is 0 Å². The van der Waals surface area contributed by atoms with E-state index < -0.39 is 30.3 Å². The molecule has 0 spiro atoms. The Balaban J connectivity index is 1.18. The van der Waals surface area contributed by atoms with E-state index in [4.69, 9.17) is 15.3 Å². The van der Waals surface area contributed by atoms with Crippen molar-refractivity contribution in [2.45, 2.75) is 6.10 Å². The number of rotatable bonds is 10. The highest BCUT2D eigenvalue weighted by atomic mass is 19.1. The summed E-state index contributed by atoms with van der Waals surface area (Å²) in [6, 6.07) is 5.33. The Bertz CT molecular complexity index is 1510. The van der Waals surface area contributed by atoms with Gasteiger partial charge in [0.2, 0.25) is 17.7 Å². The molecule has 41 heavy (non-hydrogen) atoms. The lowest BCUT2D eigenvalue weighted by atomic mass is 10.1. The summed E-state index contributed by atoms with van der Waals surface area (Å²) >= 11 is 0. The van der Waals surface area contributed by atoms with Crippen molar-refractivity contribution in [1.29, 1.82) is 0 Å². The minimum Gasteiger partial charge on any atom is -0.461 e. The number of aliphatic hydroxyl groups excluding tert-OH is 2. The molecule has 0 bridgehead atoms. The van der Waals surface area contributed by atoms with Gasteiger partial charge in [-0.2, -0.15) is 19.5 Å². The number of aliphatic hydroxyl groups is 2. The van der Waals surface area contributed by atoms with Crippen molar-refractivity contribution in [3.05, 3.63) is 47.7 Å². The van der Waals surface area contributed by atoms with Crippen LogP contribution in [0.25, 0.3) is 17.4 Å². The van der Waals surface area contributed by atoms with Gasteiger partial charge in [-0.15, -0.1) is 5.10 Å². The number of furan rings is 1. The summed E-state index contributed by atoms with van der Waals surface area (Å²) in [5.41, 5.74) is 5.88. The summed E-state index contributed by atoms with van der Waals surface area (Å²) in [5, 5.41) is 24.9. The molecule has 3 aromatic heterocycles. The second-order valence-electron chi connectivity index (χ2n) is 9.59. The lowest BCUT2D eigenvalue weighted by molar-refractivity contribution is 0.0799. The van der Waals surface area contributed by atoms with E-state index in [9.17, 15) is 18.7 Å². The molecule has 218 valence electrons. The average Bonchev–Trinajstić information content (AvgIpc) is 3.65. The van der Waals surface area contributed by atoms with E-state index in [1.165, 1.54) is 16.8 Å². The monoisotopic (exact) mass is 572 g/mol. The zero-order chi connectivity index (χ0) is 29.1. The summed E-state index contributed by atoms with van der Waals surface area (Å²) in [6.07, 6.45) is 0.347. The van der Waals surface area contributed by atoms with E-state index in [1.54, 1.807) is 17.0 Å². The number of nitrogen functional groups attached to an aromatic ring is 1. The van der Waals surface area contributed by atoms with Crippen molar-refractivity contribution in [2.24, 2.45) is 0 Å². The van der Waals surface area contributed by atoms with E-state index in [0.717, 1.165) is 0 Å². The zero-order valence-corrected chi connectivity index (χ0v) is 22.2. The molecule has 1 fully saturated rings. The molecule has 1 saturated heterocycles. The molecule has 0 aliphatic carbocycles. The number of likely N-dealkylation sites (N-methyl/N-ethyl adjacent to an activating group) is 1. The highest BCUT2D eigenvalue weighted by Crippen LogP contribution is 2.25. The predicted molar refractivity (Wildman–Crippen MR) is 144 cm³/mol. The fraction of sp³-hybridized carbons (Fsp3) is 0.400. The number of anilines is 3. The highest BCUT2D eigenvalue weighted by Gasteiger charge is 2.24. The lowest BCUT2D eigenvalue weighted by Gasteiger charge is -2.37. The van der Waals surface area contributed by atoms with Gasteiger partial charge in [0.1, 0.15) is 11.6 Å². The van der Waals surface area contributed by atoms with Crippen molar-refractivity contribution >= 4 is 29.3 Å². The number of nitrogens with two attached hydrogens (primary N) is 1. The highest BCUT2D eigenvalue weighted by molar-refractivity contribution is 5.95. The molecule has 1 amide bonds. The third-order valence-electron chi connectivity index (χ3n) is 6.76. The Morgan fingerprint density at radius 1 is 1.20 bits per heavy atom. The number of nitrogens with zero attached hydrogens (tertiary/aromatic N) is 8. The first-order chi connectivity index (χ1) is 19.7. The predicted octanol–water partition coefficient (Wildman–Crippen LogP) is -0.0189. The van der Waals surface area contributed by atoms with Crippen molar-refractivity contribution < 1.29 is 28.2 Å². The number of aromatic nitrogens is 5. The largest absolute Gasteiger partial charge is 0.461 e. The molecule has 14 nitrogen and oxygen atoms in total. The van der Waals surface area contributed by atoms with Crippen LogP contribution in [0.4, 0.5) is 26.4 Å². The summed E-state index contributed by atoms with van der Waals surface area (Å²) in [7, 11) is 1.84. The Morgan fingerprint density at radius 3 is 2.68 bits per heavy atom. The molecule has 16 heteroatoms. The smallest absolute Gasteiger partial charge is 0.259 e. The first-order valence-corrected chi connectivity index (χ1v) is 12.9. The second-order valence-corrected chi connectivity index (χ2v) is 9.59. The van der Waals surface area contributed by atoms with Crippen LogP contribution in [0.3, 0.4) is 0 Å². The lowest BCUT2D eigenvalue weighted by Crippen LogP contribution is -2.48. The molecule has 1 aromatic carbocycles. The van der Waals surface area contributed by atoms with Crippen LogP contribution in [0.15, 0.2) is 34.9 Å². The SMILES string of the molecule is CN(CCN1CCN(c2cc(C(=O)NC[C@@H](O)CO)c(F)cc2F)CC1)c1nc(N)n2nc(-c3ccco3)nc2n1. The number of carbonyl (C=O) groups is 1. The fourth-order valence-electron chi connectivity index (χ4n) is 4.40. The van der Waals surface area contributed by atoms with Gasteiger partial charge in [0.25, 0.3) is 11.7 Å². The minimum atomic E-state index is -1.18. The van der Waals surface area contributed by atoms with Crippen molar-refractivity contribution in [3.63, 3.8) is 0 Å². The quantitative estimate of drug-likeness (QED) is 0.200. The molecular formula is C25H30F2N10O4. The van der Waals surface area contributed by atoms with Crippen molar-refractivity contribution in [2.75, 3.05) is 75.0 Å². The number of halogens is 2. The molecule has 0 radical (unpaired) electrons. The molecule has 1 aliphatic rings. The van der Waals surface area contributed by atoms with Gasteiger partial charge in [0, 0.05) is 58.9 Å². The zero-order valence-electron chi connectivity index (χ0n) is 22.2. The van der Waals surface area contributed by atoms with Crippen LogP contribution < -0.4 is 20.9 Å². The van der Waals surface area contributed by atoms with Crippen LogP contribution in [0, 0.1) is 11.6 Å². The van der Waals surface area contributed by atoms with E-state index in [2.05, 4.69) is 30.3 Å². The van der Waals surface area contributed by atoms with Crippen molar-refractivity contribution in [1.82, 2.24) is 34.8 Å². The van der Waals surface area contributed by atoms with E-state index in [1.807, 2.05) is 11.9 Å². The summed E-state index contributed by atoms with van der Waals surface area (Å²) < 4.78 is 35.7. The van der Waals surface area contributed by atoms with E-state index >= 15 is 0 Å². The van der Waals surface area contributed by atoms with Gasteiger partial charge < -0.3 is 35.5 Å². The number of carbonyl (C=O) groups excluding carboxylic acids is 1. The third-order valence-corrected chi connectivity index (χ3v) is 6.76. The van der Waals surface area contributed by atoms with Gasteiger partial charge in [-0.25, -0.2) is 8.78 Å². The molecular weight excluding hydrogens is 542 g/mol. The number of benzene rings is 1. The Labute approximate surface area is 233 Å². The van der Waals surface area contributed by atoms with Crippen LogP contribution >= 0.6 is 0 Å². The minimum absolute atomic E-state index is 0.121. The topological polar surface area (TPSA) is 174 Å². The number of piperazine rings is 1. The maximum Gasteiger partial charge on any atom is 0.259 e. The summed E-state index contributed by atoms with van der Waals surface area (Å²) in [4.78, 5) is 31.4. The number of nitrogens with one attached hydrogen (secondary N) is 1. The number of amides is 1. The van der Waals surface area contributed by atoms with E-state index in [-0.39, 0.29) is 23.7 Å². The fourth-order valence-corrected chi connectivity index (χ4v) is 4.40. The molecule has 0 saturated carbocycles. The number of hydrogen-bond acceptors (Lipinski definition) is 12. The standard InChI is InChI=1S/C25H30F2N10O4/c1-34(24-31-23(28)37-25(32-24)30-21(33-37)20-3-2-10-41-20)4-5-35-6-8-36(9-7-35)19-11-16(17(26)12-18(19)27)22(40)29-13-15(39)14-38/h2-3,10-12,15,38-39H,4-9,13-14H2,1H3,(H,29,40)(H2,28,30,31,32,33)/t15-/m1/s1. The molecule has 0 unspecified atom stereocenters. The van der Waals surface area contributed by atoms with Gasteiger partial charge in [0.15, 0.2) is 5.76 Å².